The summed E-state index contributed by atoms with van der Waals surface area (Å²) >= 11 is 5.35. The lowest BCUT2D eigenvalue weighted by molar-refractivity contribution is -0.384. The number of benzene rings is 2. The first-order chi connectivity index (χ1) is 13.3. The first-order valence-electron chi connectivity index (χ1n) is 8.33. The summed E-state index contributed by atoms with van der Waals surface area (Å²) in [5.41, 5.74) is 0.591. The van der Waals surface area contributed by atoms with Crippen LogP contribution in [0.4, 0.5) is 15.8 Å². The van der Waals surface area contributed by atoms with Gasteiger partial charge in [-0.05, 0) is 48.6 Å². The molecule has 0 atom stereocenters. The minimum absolute atomic E-state index is 0.0175. The summed E-state index contributed by atoms with van der Waals surface area (Å²) in [4.78, 5) is 12.1. The highest BCUT2D eigenvalue weighted by Crippen LogP contribution is 2.19. The number of thiocarbonyl (C=S) groups is 1. The predicted molar refractivity (Wildman–Crippen MR) is 106 cm³/mol. The molecule has 0 bridgehead atoms. The molecule has 0 saturated carbocycles. The number of hydrogen-bond donors (Lipinski definition) is 1. The van der Waals surface area contributed by atoms with Gasteiger partial charge in [0.25, 0.3) is 5.69 Å². The second-order valence-electron chi connectivity index (χ2n) is 6.08. The highest BCUT2D eigenvalue weighted by atomic mass is 32.2. The third-order valence-electron chi connectivity index (χ3n) is 4.31. The molecule has 2 aromatic carbocycles. The monoisotopic (exact) mass is 424 g/mol. The van der Waals surface area contributed by atoms with Gasteiger partial charge in [-0.15, -0.1) is 0 Å². The number of sulfonamides is 1. The standard InChI is InChI=1S/C17H17FN4O4S2/c18-13-1-7-16(8-2-13)28(25,26)21-11-9-20(10-12-21)17(27)19-14-3-5-15(6-4-14)22(23)24/h1-8H,9-12H2,(H,19,27). The lowest BCUT2D eigenvalue weighted by atomic mass is 10.3. The minimum atomic E-state index is -3.69. The van der Waals surface area contributed by atoms with Gasteiger partial charge in [-0.2, -0.15) is 4.31 Å². The van der Waals surface area contributed by atoms with Gasteiger partial charge in [-0.3, -0.25) is 10.1 Å². The third kappa shape index (κ3) is 4.43. The van der Waals surface area contributed by atoms with E-state index in [0.717, 1.165) is 12.1 Å². The lowest BCUT2D eigenvalue weighted by Gasteiger charge is -2.35. The largest absolute Gasteiger partial charge is 0.346 e. The van der Waals surface area contributed by atoms with E-state index in [1.54, 1.807) is 12.1 Å². The fraction of sp³-hybridized carbons (Fsp3) is 0.235. The van der Waals surface area contributed by atoms with Crippen molar-refractivity contribution in [2.75, 3.05) is 31.5 Å². The first-order valence-corrected chi connectivity index (χ1v) is 10.2. The van der Waals surface area contributed by atoms with Crippen LogP contribution in [0, 0.1) is 15.9 Å². The van der Waals surface area contributed by atoms with Crippen LogP contribution in [0.15, 0.2) is 53.4 Å². The van der Waals surface area contributed by atoms with Gasteiger partial charge in [0.2, 0.25) is 10.0 Å². The van der Waals surface area contributed by atoms with E-state index in [1.807, 2.05) is 4.90 Å². The van der Waals surface area contributed by atoms with Crippen molar-refractivity contribution in [2.45, 2.75) is 4.90 Å². The Morgan fingerprint density at radius 2 is 1.61 bits per heavy atom. The SMILES string of the molecule is O=[N+]([O-])c1ccc(NC(=S)N2CCN(S(=O)(=O)c3ccc(F)cc3)CC2)cc1. The zero-order valence-electron chi connectivity index (χ0n) is 14.6. The molecule has 1 aliphatic rings. The van der Waals surface area contributed by atoms with E-state index in [9.17, 15) is 22.9 Å². The van der Waals surface area contributed by atoms with Crippen molar-refractivity contribution in [2.24, 2.45) is 0 Å². The van der Waals surface area contributed by atoms with Crippen molar-refractivity contribution in [1.82, 2.24) is 9.21 Å². The summed E-state index contributed by atoms with van der Waals surface area (Å²) in [6.07, 6.45) is 0. The van der Waals surface area contributed by atoms with Crippen LogP contribution in [0.25, 0.3) is 0 Å². The summed E-state index contributed by atoms with van der Waals surface area (Å²) in [7, 11) is -3.69. The lowest BCUT2D eigenvalue weighted by Crippen LogP contribution is -2.51. The highest BCUT2D eigenvalue weighted by Gasteiger charge is 2.29. The molecule has 0 aromatic heterocycles. The number of nitro benzene ring substituents is 1. The van der Waals surface area contributed by atoms with E-state index in [4.69, 9.17) is 12.2 Å². The molecule has 8 nitrogen and oxygen atoms in total. The maximum Gasteiger partial charge on any atom is 0.269 e. The molecular weight excluding hydrogens is 407 g/mol. The van der Waals surface area contributed by atoms with Crippen LogP contribution >= 0.6 is 12.2 Å². The van der Waals surface area contributed by atoms with E-state index in [2.05, 4.69) is 5.32 Å². The number of nitrogens with one attached hydrogen (secondary N) is 1. The van der Waals surface area contributed by atoms with Crippen LogP contribution in [-0.4, -0.2) is 53.8 Å². The second-order valence-corrected chi connectivity index (χ2v) is 8.40. The van der Waals surface area contributed by atoms with Crippen molar-refractivity contribution >= 4 is 38.7 Å². The van der Waals surface area contributed by atoms with Gasteiger partial charge in [0.15, 0.2) is 5.11 Å². The predicted octanol–water partition coefficient (Wildman–Crippen LogP) is 2.44. The molecule has 1 fully saturated rings. The maximum absolute atomic E-state index is 13.0. The zero-order valence-corrected chi connectivity index (χ0v) is 16.2. The Hall–Kier alpha value is -2.63. The average Bonchev–Trinajstić information content (AvgIpc) is 2.69. The molecule has 148 valence electrons. The number of rotatable bonds is 4. The fourth-order valence-corrected chi connectivity index (χ4v) is 4.48. The molecule has 0 unspecified atom stereocenters. The number of non-ortho nitro benzene ring substituents is 1. The van der Waals surface area contributed by atoms with E-state index in [1.165, 1.54) is 28.6 Å². The Kier molecular flexibility index (Phi) is 5.87. The maximum atomic E-state index is 13.0. The van der Waals surface area contributed by atoms with Crippen LogP contribution in [0.5, 0.6) is 0 Å². The molecule has 28 heavy (non-hydrogen) atoms. The molecule has 0 radical (unpaired) electrons. The molecule has 0 amide bonds. The van der Waals surface area contributed by atoms with Crippen LogP contribution in [0.1, 0.15) is 0 Å². The number of piperazine rings is 1. The van der Waals surface area contributed by atoms with Crippen molar-refractivity contribution in [3.8, 4) is 0 Å². The average molecular weight is 424 g/mol. The molecule has 1 saturated heterocycles. The molecule has 2 aromatic rings. The van der Waals surface area contributed by atoms with Gasteiger partial charge in [-0.1, -0.05) is 0 Å². The van der Waals surface area contributed by atoms with Gasteiger partial charge in [0.1, 0.15) is 5.82 Å². The smallest absolute Gasteiger partial charge is 0.269 e. The van der Waals surface area contributed by atoms with Gasteiger partial charge >= 0.3 is 0 Å². The van der Waals surface area contributed by atoms with Crippen LogP contribution < -0.4 is 5.32 Å². The molecule has 11 heteroatoms. The summed E-state index contributed by atoms with van der Waals surface area (Å²) in [6, 6.07) is 10.6. The van der Waals surface area contributed by atoms with Crippen LogP contribution in [0.3, 0.4) is 0 Å². The molecular formula is C17H17FN4O4S2. The number of nitrogens with zero attached hydrogens (tertiary/aromatic N) is 3. The van der Waals surface area contributed by atoms with E-state index >= 15 is 0 Å². The Morgan fingerprint density at radius 1 is 1.04 bits per heavy atom. The van der Waals surface area contributed by atoms with Crippen molar-refractivity contribution in [3.63, 3.8) is 0 Å². The van der Waals surface area contributed by atoms with Crippen molar-refractivity contribution in [3.05, 3.63) is 64.5 Å². The normalized spacial score (nSPS) is 15.2. The molecule has 0 spiro atoms. The Bertz CT molecular complexity index is 973. The topological polar surface area (TPSA) is 95.8 Å². The van der Waals surface area contributed by atoms with E-state index < -0.39 is 20.8 Å². The van der Waals surface area contributed by atoms with Gasteiger partial charge in [-0.25, -0.2) is 12.8 Å². The first kappa shape index (κ1) is 20.1. The Labute approximate surface area is 166 Å². The molecule has 1 N–H and O–H groups in total. The van der Waals surface area contributed by atoms with Gasteiger partial charge in [0.05, 0.1) is 9.82 Å². The summed E-state index contributed by atoms with van der Waals surface area (Å²) in [5, 5.41) is 14.1. The van der Waals surface area contributed by atoms with E-state index in [0.29, 0.717) is 23.9 Å². The summed E-state index contributed by atoms with van der Waals surface area (Å²) < 4.78 is 39.6. The third-order valence-corrected chi connectivity index (χ3v) is 6.58. The number of anilines is 1. The number of halogens is 1. The summed E-state index contributed by atoms with van der Waals surface area (Å²) in [5.74, 6) is -0.494. The number of nitro groups is 1. The molecule has 3 rings (SSSR count). The molecule has 1 heterocycles. The number of hydrogen-bond acceptors (Lipinski definition) is 5. The Morgan fingerprint density at radius 3 is 2.14 bits per heavy atom. The molecule has 1 aliphatic heterocycles. The van der Waals surface area contributed by atoms with Gasteiger partial charge < -0.3 is 10.2 Å². The van der Waals surface area contributed by atoms with Crippen LogP contribution in [0.2, 0.25) is 0 Å². The highest BCUT2D eigenvalue weighted by molar-refractivity contribution is 7.89. The zero-order chi connectivity index (χ0) is 20.3. The fourth-order valence-electron chi connectivity index (χ4n) is 2.76. The Balaban J connectivity index is 1.59. The summed E-state index contributed by atoms with van der Waals surface area (Å²) in [6.45, 7) is 1.25. The van der Waals surface area contributed by atoms with Crippen molar-refractivity contribution < 1.29 is 17.7 Å². The van der Waals surface area contributed by atoms with Crippen LogP contribution in [-0.2, 0) is 10.0 Å². The van der Waals surface area contributed by atoms with Gasteiger partial charge in [0, 0.05) is 44.0 Å². The second kappa shape index (κ2) is 8.17. The quantitative estimate of drug-likeness (QED) is 0.457. The van der Waals surface area contributed by atoms with E-state index in [-0.39, 0.29) is 23.7 Å². The van der Waals surface area contributed by atoms with Crippen molar-refractivity contribution in [1.29, 1.82) is 0 Å². The molecule has 0 aliphatic carbocycles. The minimum Gasteiger partial charge on any atom is -0.346 e.